The highest BCUT2D eigenvalue weighted by Gasteiger charge is 2.39. The maximum Gasteiger partial charge on any atom is 0.192 e. The number of imidazole rings is 1. The fourth-order valence-corrected chi connectivity index (χ4v) is 3.53. The summed E-state index contributed by atoms with van der Waals surface area (Å²) in [6.45, 7) is 11.0. The van der Waals surface area contributed by atoms with Crippen molar-refractivity contribution < 1.29 is 14.0 Å². The minimum atomic E-state index is -1.97. The number of ketones is 1. The molecule has 0 N–H and O–H groups in total. The third-order valence-electron chi connectivity index (χ3n) is 5.04. The molecule has 1 aliphatic heterocycles. The van der Waals surface area contributed by atoms with Crippen molar-refractivity contribution in [2.45, 2.75) is 51.2 Å². The average molecular weight is 395 g/mol. The number of hydrogen-bond donors (Lipinski definition) is 0. The van der Waals surface area contributed by atoms with Gasteiger partial charge in [0.2, 0.25) is 0 Å². The highest BCUT2D eigenvalue weighted by atomic mass is 35.5. The molecule has 0 fully saturated rings. The van der Waals surface area contributed by atoms with Gasteiger partial charge in [0.15, 0.2) is 31.1 Å². The predicted molar refractivity (Wildman–Crippen MR) is 102 cm³/mol. The summed E-state index contributed by atoms with van der Waals surface area (Å²) >= 11 is 6.05. The molecule has 3 rings (SSSR count). The number of carbonyl (C=O) groups is 1. The van der Waals surface area contributed by atoms with Gasteiger partial charge in [0.1, 0.15) is 17.9 Å². The van der Waals surface area contributed by atoms with Crippen LogP contribution in [0.15, 0.2) is 24.8 Å². The van der Waals surface area contributed by atoms with E-state index in [0.717, 1.165) is 0 Å². The summed E-state index contributed by atoms with van der Waals surface area (Å²) in [6.07, 6.45) is 5.01. The van der Waals surface area contributed by atoms with Crippen LogP contribution in [0.1, 0.15) is 27.0 Å². The quantitative estimate of drug-likeness (QED) is 0.583. The molecule has 2 aromatic heterocycles. The minimum Gasteiger partial charge on any atom is -0.414 e. The van der Waals surface area contributed by atoms with Crippen LogP contribution in [0.3, 0.4) is 0 Å². The normalized spacial score (nSPS) is 21.5. The minimum absolute atomic E-state index is 0.0637. The van der Waals surface area contributed by atoms with Gasteiger partial charge in [-0.15, -0.1) is 0 Å². The summed E-state index contributed by atoms with van der Waals surface area (Å²) in [7, 11) is -1.97. The van der Waals surface area contributed by atoms with Crippen LogP contribution in [0.5, 0.6) is 0 Å². The van der Waals surface area contributed by atoms with Crippen LogP contribution in [0.2, 0.25) is 23.3 Å². The third-order valence-corrected chi connectivity index (χ3v) is 9.81. The van der Waals surface area contributed by atoms with E-state index < -0.39 is 20.6 Å². The van der Waals surface area contributed by atoms with Crippen LogP contribution < -0.4 is 0 Å². The molecule has 0 bridgehead atoms. The summed E-state index contributed by atoms with van der Waals surface area (Å²) < 4.78 is 13.9. The van der Waals surface area contributed by atoms with Crippen LogP contribution in [-0.2, 0) is 14.0 Å². The summed E-state index contributed by atoms with van der Waals surface area (Å²) in [4.78, 5) is 24.6. The molecule has 2 aromatic rings. The van der Waals surface area contributed by atoms with Gasteiger partial charge >= 0.3 is 0 Å². The third kappa shape index (κ3) is 3.59. The standard InChI is InChI=1S/C17H23ClN4O3Si/c1-17(2,3)26(4,5)24-8-12-11(23)6-7-13(25-12)22-10-21-14-15(18)19-9-20-16(14)22/h6-7,9-10,12-13H,8H2,1-5H3/t12-,13-/m0/s1. The molecular weight excluding hydrogens is 372 g/mol. The van der Waals surface area contributed by atoms with Gasteiger partial charge in [0, 0.05) is 0 Å². The van der Waals surface area contributed by atoms with Crippen molar-refractivity contribution in [3.05, 3.63) is 30.0 Å². The molecule has 0 aromatic carbocycles. The van der Waals surface area contributed by atoms with Crippen molar-refractivity contribution in [3.8, 4) is 0 Å². The van der Waals surface area contributed by atoms with Gasteiger partial charge in [0.25, 0.3) is 0 Å². The molecule has 0 saturated carbocycles. The number of fused-ring (bicyclic) bond motifs is 1. The molecule has 0 radical (unpaired) electrons. The van der Waals surface area contributed by atoms with E-state index in [4.69, 9.17) is 20.8 Å². The molecule has 140 valence electrons. The largest absolute Gasteiger partial charge is 0.414 e. The van der Waals surface area contributed by atoms with E-state index in [9.17, 15) is 4.79 Å². The molecule has 0 amide bonds. The van der Waals surface area contributed by atoms with E-state index in [-0.39, 0.29) is 22.6 Å². The Balaban J connectivity index is 1.79. The maximum absolute atomic E-state index is 12.2. The molecule has 3 heterocycles. The van der Waals surface area contributed by atoms with E-state index in [1.54, 1.807) is 17.0 Å². The second-order valence-corrected chi connectivity index (χ2v) is 13.0. The number of hydrogen-bond acceptors (Lipinski definition) is 6. The lowest BCUT2D eigenvalue weighted by Crippen LogP contribution is -2.45. The first-order valence-corrected chi connectivity index (χ1v) is 11.7. The van der Waals surface area contributed by atoms with Gasteiger partial charge < -0.3 is 9.16 Å². The first-order valence-electron chi connectivity index (χ1n) is 8.44. The lowest BCUT2D eigenvalue weighted by molar-refractivity contribution is -0.136. The zero-order valence-corrected chi connectivity index (χ0v) is 17.3. The molecule has 0 unspecified atom stereocenters. The van der Waals surface area contributed by atoms with E-state index in [2.05, 4.69) is 48.8 Å². The molecule has 26 heavy (non-hydrogen) atoms. The summed E-state index contributed by atoms with van der Waals surface area (Å²) in [5, 5.41) is 0.344. The van der Waals surface area contributed by atoms with Crippen molar-refractivity contribution >= 4 is 36.9 Å². The molecule has 7 nitrogen and oxygen atoms in total. The number of ether oxygens (including phenoxy) is 1. The molecular formula is C17H23ClN4O3Si. The van der Waals surface area contributed by atoms with Crippen LogP contribution in [0.4, 0.5) is 0 Å². The SMILES string of the molecule is CC(C)(C)[Si](C)(C)OC[C@@H]1O[C@H](n2cnc3c(Cl)ncnc32)C=CC1=O. The fraction of sp³-hybridized carbons (Fsp3) is 0.529. The van der Waals surface area contributed by atoms with Gasteiger partial charge in [-0.1, -0.05) is 32.4 Å². The highest BCUT2D eigenvalue weighted by molar-refractivity contribution is 6.74. The molecule has 1 aliphatic rings. The first-order chi connectivity index (χ1) is 12.1. The van der Waals surface area contributed by atoms with E-state index in [0.29, 0.717) is 11.2 Å². The number of aromatic nitrogens is 4. The van der Waals surface area contributed by atoms with Gasteiger partial charge in [0.05, 0.1) is 12.9 Å². The average Bonchev–Trinajstić information content (AvgIpc) is 2.98. The van der Waals surface area contributed by atoms with Gasteiger partial charge in [-0.3, -0.25) is 9.36 Å². The summed E-state index contributed by atoms with van der Waals surface area (Å²) in [6, 6.07) is 0. The summed E-state index contributed by atoms with van der Waals surface area (Å²) in [5.41, 5.74) is 1.05. The molecule has 9 heteroatoms. The maximum atomic E-state index is 12.2. The predicted octanol–water partition coefficient (Wildman–Crippen LogP) is 3.52. The Labute approximate surface area is 158 Å². The van der Waals surface area contributed by atoms with Crippen LogP contribution in [-0.4, -0.2) is 46.3 Å². The lowest BCUT2D eigenvalue weighted by Gasteiger charge is -2.37. The van der Waals surface area contributed by atoms with Crippen molar-refractivity contribution in [2.24, 2.45) is 0 Å². The Kier molecular flexibility index (Phi) is 5.04. The van der Waals surface area contributed by atoms with Crippen molar-refractivity contribution in [3.63, 3.8) is 0 Å². The molecule has 0 saturated heterocycles. The molecule has 2 atom stereocenters. The van der Waals surface area contributed by atoms with Gasteiger partial charge in [-0.05, 0) is 30.3 Å². The van der Waals surface area contributed by atoms with Crippen molar-refractivity contribution in [1.29, 1.82) is 0 Å². The zero-order valence-electron chi connectivity index (χ0n) is 15.6. The monoisotopic (exact) mass is 394 g/mol. The fourth-order valence-electron chi connectivity index (χ4n) is 2.36. The van der Waals surface area contributed by atoms with E-state index in [1.807, 2.05) is 0 Å². The zero-order chi connectivity index (χ0) is 19.1. The Morgan fingerprint density at radius 2 is 2.04 bits per heavy atom. The highest BCUT2D eigenvalue weighted by Crippen LogP contribution is 2.37. The second-order valence-electron chi connectivity index (χ2n) is 7.84. The Bertz CT molecular complexity index is 859. The van der Waals surface area contributed by atoms with Crippen molar-refractivity contribution in [2.75, 3.05) is 6.61 Å². The van der Waals surface area contributed by atoms with Crippen LogP contribution in [0, 0.1) is 0 Å². The lowest BCUT2D eigenvalue weighted by atomic mass is 10.2. The van der Waals surface area contributed by atoms with E-state index in [1.165, 1.54) is 12.4 Å². The number of rotatable bonds is 4. The van der Waals surface area contributed by atoms with Crippen LogP contribution in [0.25, 0.3) is 11.2 Å². The second kappa shape index (κ2) is 6.84. The van der Waals surface area contributed by atoms with Gasteiger partial charge in [-0.25, -0.2) is 15.0 Å². The Morgan fingerprint density at radius 1 is 1.31 bits per heavy atom. The van der Waals surface area contributed by atoms with Crippen LogP contribution >= 0.6 is 11.6 Å². The molecule has 0 aliphatic carbocycles. The summed E-state index contributed by atoms with van der Waals surface area (Å²) in [5.74, 6) is -0.1000. The number of nitrogens with zero attached hydrogens (tertiary/aromatic N) is 4. The number of carbonyl (C=O) groups excluding carboxylic acids is 1. The topological polar surface area (TPSA) is 79.1 Å². The van der Waals surface area contributed by atoms with Gasteiger partial charge in [-0.2, -0.15) is 0 Å². The van der Waals surface area contributed by atoms with Crippen molar-refractivity contribution in [1.82, 2.24) is 19.5 Å². The van der Waals surface area contributed by atoms with E-state index >= 15 is 0 Å². The molecule has 0 spiro atoms. The Hall–Kier alpha value is -1.61. The Morgan fingerprint density at radius 3 is 2.73 bits per heavy atom. The first kappa shape index (κ1) is 19.2. The smallest absolute Gasteiger partial charge is 0.192 e. The number of halogens is 1.